The van der Waals surface area contributed by atoms with Crippen LogP contribution in [0.15, 0.2) is 30.5 Å². The van der Waals surface area contributed by atoms with E-state index in [1.807, 2.05) is 24.4 Å². The molecule has 0 radical (unpaired) electrons. The van der Waals surface area contributed by atoms with Gasteiger partial charge in [-0.25, -0.2) is 4.98 Å². The van der Waals surface area contributed by atoms with Crippen molar-refractivity contribution in [1.29, 1.82) is 5.26 Å². The number of halogens is 1. The second-order valence-corrected chi connectivity index (χ2v) is 8.33. The number of anilines is 2. The van der Waals surface area contributed by atoms with E-state index in [4.69, 9.17) is 21.8 Å². The quantitative estimate of drug-likeness (QED) is 0.488. The van der Waals surface area contributed by atoms with E-state index in [9.17, 15) is 0 Å². The van der Waals surface area contributed by atoms with Crippen LogP contribution in [0.4, 0.5) is 11.6 Å². The third kappa shape index (κ3) is 4.92. The summed E-state index contributed by atoms with van der Waals surface area (Å²) >= 11 is 6.78. The summed E-state index contributed by atoms with van der Waals surface area (Å²) in [6, 6.07) is 9.72. The predicted octanol–water partition coefficient (Wildman–Crippen LogP) is 4.23. The fraction of sp³-hybridized carbons (Fsp3) is 0.435. The Morgan fingerprint density at radius 3 is 2.90 bits per heavy atom. The Balaban J connectivity index is 1.56. The van der Waals surface area contributed by atoms with Gasteiger partial charge in [-0.3, -0.25) is 0 Å². The summed E-state index contributed by atoms with van der Waals surface area (Å²) in [5.74, 6) is 2.13. The van der Waals surface area contributed by atoms with Crippen molar-refractivity contribution in [2.45, 2.75) is 39.2 Å². The standard InChI is InChI=1S/C23H28ClN7/c1-2-19-15-29-31-22(19)30-21(27-11-8-16-6-9-26-10-7-16)20(24)23(31)28-14-18-5-3-4-17(12-18)13-25/h3-5,12,15-16,26,28H,2,6-11,14H2,1H3,(H,27,30). The minimum atomic E-state index is 0.528. The summed E-state index contributed by atoms with van der Waals surface area (Å²) < 4.78 is 1.77. The summed E-state index contributed by atoms with van der Waals surface area (Å²) in [6.45, 7) is 5.67. The average Bonchev–Trinajstić information content (AvgIpc) is 3.22. The van der Waals surface area contributed by atoms with E-state index in [0.717, 1.165) is 55.2 Å². The second-order valence-electron chi connectivity index (χ2n) is 7.96. The molecule has 1 fully saturated rings. The van der Waals surface area contributed by atoms with Gasteiger partial charge in [0.1, 0.15) is 5.02 Å². The first-order chi connectivity index (χ1) is 15.2. The van der Waals surface area contributed by atoms with E-state index in [-0.39, 0.29) is 0 Å². The van der Waals surface area contributed by atoms with Crippen LogP contribution in [0, 0.1) is 17.2 Å². The fourth-order valence-corrected chi connectivity index (χ4v) is 4.30. The minimum absolute atomic E-state index is 0.528. The molecule has 1 saturated heterocycles. The van der Waals surface area contributed by atoms with E-state index in [0.29, 0.717) is 28.8 Å². The molecule has 1 aliphatic rings. The minimum Gasteiger partial charge on any atom is -0.369 e. The van der Waals surface area contributed by atoms with Crippen LogP contribution in [0.1, 0.15) is 42.9 Å². The van der Waals surface area contributed by atoms with Crippen molar-refractivity contribution in [1.82, 2.24) is 19.9 Å². The van der Waals surface area contributed by atoms with Crippen LogP contribution in [0.2, 0.25) is 5.02 Å². The predicted molar refractivity (Wildman–Crippen MR) is 125 cm³/mol. The van der Waals surface area contributed by atoms with Gasteiger partial charge >= 0.3 is 0 Å². The molecule has 0 bridgehead atoms. The lowest BCUT2D eigenvalue weighted by Crippen LogP contribution is -2.28. The smallest absolute Gasteiger partial charge is 0.162 e. The van der Waals surface area contributed by atoms with Crippen molar-refractivity contribution in [2.24, 2.45) is 5.92 Å². The average molecular weight is 438 g/mol. The molecule has 8 heteroatoms. The Bertz CT molecular complexity index is 1080. The molecule has 0 spiro atoms. The van der Waals surface area contributed by atoms with Crippen molar-refractivity contribution in [3.63, 3.8) is 0 Å². The summed E-state index contributed by atoms with van der Waals surface area (Å²) in [5.41, 5.74) is 3.53. The van der Waals surface area contributed by atoms with Crippen LogP contribution >= 0.6 is 11.6 Å². The van der Waals surface area contributed by atoms with Gasteiger partial charge in [0.25, 0.3) is 0 Å². The fourth-order valence-electron chi connectivity index (χ4n) is 4.04. The molecule has 31 heavy (non-hydrogen) atoms. The first-order valence-corrected chi connectivity index (χ1v) is 11.3. The third-order valence-electron chi connectivity index (χ3n) is 5.86. The number of aryl methyl sites for hydroxylation is 1. The molecular weight excluding hydrogens is 410 g/mol. The van der Waals surface area contributed by atoms with Crippen LogP contribution in [0.3, 0.4) is 0 Å². The third-order valence-corrected chi connectivity index (χ3v) is 6.22. The molecule has 0 atom stereocenters. The van der Waals surface area contributed by atoms with Gasteiger partial charge in [0.15, 0.2) is 17.3 Å². The molecule has 3 aromatic rings. The summed E-state index contributed by atoms with van der Waals surface area (Å²) in [6.07, 6.45) is 6.24. The normalized spacial score (nSPS) is 14.5. The zero-order chi connectivity index (χ0) is 21.6. The summed E-state index contributed by atoms with van der Waals surface area (Å²) in [7, 11) is 0. The number of fused-ring (bicyclic) bond motifs is 1. The molecule has 3 N–H and O–H groups in total. The number of piperidine rings is 1. The zero-order valence-electron chi connectivity index (χ0n) is 17.8. The van der Waals surface area contributed by atoms with E-state index in [1.165, 1.54) is 12.8 Å². The zero-order valence-corrected chi connectivity index (χ0v) is 18.5. The number of nitriles is 1. The van der Waals surface area contributed by atoms with Gasteiger partial charge in [-0.05, 0) is 62.4 Å². The van der Waals surface area contributed by atoms with Gasteiger partial charge in [0, 0.05) is 18.7 Å². The Labute approximate surface area is 187 Å². The van der Waals surface area contributed by atoms with Gasteiger partial charge in [-0.2, -0.15) is 14.9 Å². The van der Waals surface area contributed by atoms with Crippen molar-refractivity contribution >= 4 is 28.9 Å². The monoisotopic (exact) mass is 437 g/mol. The highest BCUT2D eigenvalue weighted by atomic mass is 35.5. The van der Waals surface area contributed by atoms with E-state index in [2.05, 4.69) is 34.0 Å². The highest BCUT2D eigenvalue weighted by molar-refractivity contribution is 6.35. The lowest BCUT2D eigenvalue weighted by atomic mass is 9.95. The maximum atomic E-state index is 9.15. The number of nitrogens with one attached hydrogen (secondary N) is 3. The molecule has 1 aromatic carbocycles. The van der Waals surface area contributed by atoms with Crippen molar-refractivity contribution < 1.29 is 0 Å². The molecule has 0 aliphatic carbocycles. The van der Waals surface area contributed by atoms with Crippen LogP contribution in [-0.4, -0.2) is 34.2 Å². The van der Waals surface area contributed by atoms with Crippen LogP contribution < -0.4 is 16.0 Å². The van der Waals surface area contributed by atoms with E-state index < -0.39 is 0 Å². The maximum Gasteiger partial charge on any atom is 0.162 e. The lowest BCUT2D eigenvalue weighted by molar-refractivity contribution is 0.361. The van der Waals surface area contributed by atoms with Gasteiger partial charge < -0.3 is 16.0 Å². The molecular formula is C23H28ClN7. The van der Waals surface area contributed by atoms with E-state index >= 15 is 0 Å². The number of aromatic nitrogens is 3. The van der Waals surface area contributed by atoms with Crippen LogP contribution in [-0.2, 0) is 13.0 Å². The van der Waals surface area contributed by atoms with Crippen molar-refractivity contribution in [2.75, 3.05) is 30.3 Å². The highest BCUT2D eigenvalue weighted by Gasteiger charge is 2.18. The molecule has 7 nitrogen and oxygen atoms in total. The largest absolute Gasteiger partial charge is 0.369 e. The molecule has 0 amide bonds. The second kappa shape index (κ2) is 9.99. The molecule has 0 unspecified atom stereocenters. The van der Waals surface area contributed by atoms with Crippen LogP contribution in [0.25, 0.3) is 5.65 Å². The Hall–Kier alpha value is -2.82. The lowest BCUT2D eigenvalue weighted by Gasteiger charge is -2.23. The SMILES string of the molecule is CCc1cnn2c(NCc3cccc(C#N)c3)c(Cl)c(NCCC3CCNCC3)nc12. The number of hydrogen-bond acceptors (Lipinski definition) is 6. The number of rotatable bonds is 8. The number of hydrogen-bond donors (Lipinski definition) is 3. The molecule has 162 valence electrons. The Kier molecular flexibility index (Phi) is 6.90. The van der Waals surface area contributed by atoms with Crippen molar-refractivity contribution in [3.8, 4) is 6.07 Å². The number of benzene rings is 1. The first-order valence-electron chi connectivity index (χ1n) is 10.9. The topological polar surface area (TPSA) is 90.1 Å². The van der Waals surface area contributed by atoms with Gasteiger partial charge in [-0.1, -0.05) is 30.7 Å². The molecule has 4 rings (SSSR count). The maximum absolute atomic E-state index is 9.15. The highest BCUT2D eigenvalue weighted by Crippen LogP contribution is 2.31. The van der Waals surface area contributed by atoms with E-state index in [1.54, 1.807) is 10.6 Å². The summed E-state index contributed by atoms with van der Waals surface area (Å²) in [5, 5.41) is 24.5. The first kappa shape index (κ1) is 21.4. The Morgan fingerprint density at radius 2 is 2.13 bits per heavy atom. The Morgan fingerprint density at radius 1 is 1.29 bits per heavy atom. The van der Waals surface area contributed by atoms with Gasteiger partial charge in [0.2, 0.25) is 0 Å². The number of nitrogens with zero attached hydrogens (tertiary/aromatic N) is 4. The molecule has 1 aliphatic heterocycles. The summed E-state index contributed by atoms with van der Waals surface area (Å²) in [4.78, 5) is 4.79. The van der Waals surface area contributed by atoms with Crippen molar-refractivity contribution in [3.05, 3.63) is 52.2 Å². The molecule has 3 heterocycles. The molecule has 0 saturated carbocycles. The molecule has 2 aromatic heterocycles. The van der Waals surface area contributed by atoms with Gasteiger partial charge in [0.05, 0.1) is 17.8 Å². The van der Waals surface area contributed by atoms with Gasteiger partial charge in [-0.15, -0.1) is 0 Å². The van der Waals surface area contributed by atoms with Crippen LogP contribution in [0.5, 0.6) is 0 Å².